The van der Waals surface area contributed by atoms with Gasteiger partial charge in [-0.25, -0.2) is 9.97 Å². The molecular weight excluding hydrogens is 298 g/mol. The maximum absolute atomic E-state index is 4.66. The van der Waals surface area contributed by atoms with Crippen molar-refractivity contribution in [3.8, 4) is 0 Å². The second-order valence-electron chi connectivity index (χ2n) is 5.32. The Bertz CT molecular complexity index is 593. The minimum Gasteiger partial charge on any atom is -0.354 e. The van der Waals surface area contributed by atoms with Crippen molar-refractivity contribution >= 4 is 17.6 Å². The van der Waals surface area contributed by atoms with Crippen molar-refractivity contribution in [1.82, 2.24) is 29.9 Å². The highest BCUT2D eigenvalue weighted by Gasteiger charge is 2.19. The van der Waals surface area contributed by atoms with E-state index in [-0.39, 0.29) is 0 Å². The third-order valence-corrected chi connectivity index (χ3v) is 4.42. The SMILES string of the molecule is CSc1ncc(C)c(N2CCN(CCn3nccn3)CC2)n1. The Hall–Kier alpha value is -1.67. The molecule has 3 heterocycles. The molecule has 0 aliphatic carbocycles. The molecule has 7 nitrogen and oxygen atoms in total. The number of piperazine rings is 1. The van der Waals surface area contributed by atoms with Crippen molar-refractivity contribution in [2.45, 2.75) is 18.6 Å². The molecule has 22 heavy (non-hydrogen) atoms. The van der Waals surface area contributed by atoms with Crippen LogP contribution in [0.5, 0.6) is 0 Å². The first kappa shape index (κ1) is 15.2. The molecule has 0 amide bonds. The molecule has 0 radical (unpaired) electrons. The number of hydrogen-bond donors (Lipinski definition) is 0. The summed E-state index contributed by atoms with van der Waals surface area (Å²) < 4.78 is 0. The highest BCUT2D eigenvalue weighted by molar-refractivity contribution is 7.98. The van der Waals surface area contributed by atoms with Crippen LogP contribution < -0.4 is 4.90 Å². The number of rotatable bonds is 5. The van der Waals surface area contributed by atoms with Gasteiger partial charge in [-0.1, -0.05) is 11.8 Å². The standard InChI is InChI=1S/C14H21N7S/c1-12-11-15-14(22-2)18-13(12)20-8-5-19(6-9-20)7-10-21-16-3-4-17-21/h3-4,11H,5-10H2,1-2H3. The zero-order valence-electron chi connectivity index (χ0n) is 13.0. The van der Waals surface area contributed by atoms with Crippen LogP contribution in [0, 0.1) is 6.92 Å². The van der Waals surface area contributed by atoms with E-state index in [1.165, 1.54) is 0 Å². The topological polar surface area (TPSA) is 63.0 Å². The van der Waals surface area contributed by atoms with E-state index < -0.39 is 0 Å². The van der Waals surface area contributed by atoms with Crippen LogP contribution in [0.3, 0.4) is 0 Å². The van der Waals surface area contributed by atoms with E-state index in [4.69, 9.17) is 0 Å². The third kappa shape index (κ3) is 3.56. The predicted octanol–water partition coefficient (Wildman–Crippen LogP) is 0.921. The van der Waals surface area contributed by atoms with Gasteiger partial charge in [-0.3, -0.25) is 4.90 Å². The van der Waals surface area contributed by atoms with Gasteiger partial charge in [0, 0.05) is 44.5 Å². The number of nitrogens with zero attached hydrogens (tertiary/aromatic N) is 7. The van der Waals surface area contributed by atoms with Gasteiger partial charge >= 0.3 is 0 Å². The lowest BCUT2D eigenvalue weighted by atomic mass is 10.2. The van der Waals surface area contributed by atoms with Crippen LogP contribution in [0.15, 0.2) is 23.7 Å². The van der Waals surface area contributed by atoms with Crippen LogP contribution in [-0.2, 0) is 6.54 Å². The molecule has 0 bridgehead atoms. The Kier molecular flexibility index (Phi) is 4.89. The van der Waals surface area contributed by atoms with E-state index in [9.17, 15) is 0 Å². The number of anilines is 1. The van der Waals surface area contributed by atoms with Crippen LogP contribution in [0.2, 0.25) is 0 Å². The molecule has 1 aliphatic rings. The van der Waals surface area contributed by atoms with Gasteiger partial charge in [0.15, 0.2) is 5.16 Å². The molecular formula is C14H21N7S. The zero-order valence-corrected chi connectivity index (χ0v) is 13.8. The summed E-state index contributed by atoms with van der Waals surface area (Å²) in [5.74, 6) is 1.08. The summed E-state index contributed by atoms with van der Waals surface area (Å²) in [6.07, 6.45) is 7.37. The number of aryl methyl sites for hydroxylation is 1. The summed E-state index contributed by atoms with van der Waals surface area (Å²) in [4.78, 5) is 15.5. The monoisotopic (exact) mass is 319 g/mol. The number of aromatic nitrogens is 5. The molecule has 0 atom stereocenters. The van der Waals surface area contributed by atoms with Gasteiger partial charge in [0.2, 0.25) is 0 Å². The van der Waals surface area contributed by atoms with Crippen LogP contribution in [0.1, 0.15) is 5.56 Å². The lowest BCUT2D eigenvalue weighted by Crippen LogP contribution is -2.47. The normalized spacial score (nSPS) is 16.2. The zero-order chi connectivity index (χ0) is 15.4. The lowest BCUT2D eigenvalue weighted by Gasteiger charge is -2.35. The summed E-state index contributed by atoms with van der Waals surface area (Å²) in [6.45, 7) is 7.99. The molecule has 1 aliphatic heterocycles. The predicted molar refractivity (Wildman–Crippen MR) is 87.2 cm³/mol. The van der Waals surface area contributed by atoms with E-state index >= 15 is 0 Å². The average Bonchev–Trinajstić information content (AvgIpc) is 3.07. The molecule has 2 aromatic rings. The minimum absolute atomic E-state index is 0.841. The number of thioether (sulfide) groups is 1. The van der Waals surface area contributed by atoms with Gasteiger partial charge in [0.25, 0.3) is 0 Å². The van der Waals surface area contributed by atoms with E-state index in [1.807, 2.05) is 12.5 Å². The first-order valence-corrected chi connectivity index (χ1v) is 8.68. The van der Waals surface area contributed by atoms with Crippen LogP contribution in [0.4, 0.5) is 5.82 Å². The summed E-state index contributed by atoms with van der Waals surface area (Å²) in [6, 6.07) is 0. The Morgan fingerprint density at radius 2 is 1.82 bits per heavy atom. The van der Waals surface area contributed by atoms with Gasteiger partial charge < -0.3 is 4.90 Å². The fourth-order valence-corrected chi connectivity index (χ4v) is 2.94. The van der Waals surface area contributed by atoms with E-state index in [1.54, 1.807) is 29.0 Å². The quantitative estimate of drug-likeness (QED) is 0.600. The van der Waals surface area contributed by atoms with Gasteiger partial charge in [-0.15, -0.1) is 0 Å². The van der Waals surface area contributed by atoms with Gasteiger partial charge in [-0.2, -0.15) is 15.0 Å². The van der Waals surface area contributed by atoms with Crippen molar-refractivity contribution in [2.24, 2.45) is 0 Å². The Labute approximate surface area is 134 Å². The second kappa shape index (κ2) is 7.06. The van der Waals surface area contributed by atoms with Crippen molar-refractivity contribution in [3.05, 3.63) is 24.2 Å². The summed E-state index contributed by atoms with van der Waals surface area (Å²) >= 11 is 1.59. The summed E-state index contributed by atoms with van der Waals surface area (Å²) in [5, 5.41) is 9.13. The van der Waals surface area contributed by atoms with E-state index in [2.05, 4.69) is 36.9 Å². The molecule has 0 spiro atoms. The fraction of sp³-hybridized carbons (Fsp3) is 0.571. The van der Waals surface area contributed by atoms with Gasteiger partial charge in [-0.05, 0) is 13.2 Å². The second-order valence-corrected chi connectivity index (χ2v) is 6.09. The summed E-state index contributed by atoms with van der Waals surface area (Å²) in [5.41, 5.74) is 1.15. The number of hydrogen-bond acceptors (Lipinski definition) is 7. The van der Waals surface area contributed by atoms with Crippen molar-refractivity contribution < 1.29 is 0 Å². The maximum Gasteiger partial charge on any atom is 0.189 e. The molecule has 1 fully saturated rings. The van der Waals surface area contributed by atoms with Crippen LogP contribution in [-0.4, -0.2) is 68.8 Å². The summed E-state index contributed by atoms with van der Waals surface area (Å²) in [7, 11) is 0. The average molecular weight is 319 g/mol. The Balaban J connectivity index is 1.55. The molecule has 118 valence electrons. The highest BCUT2D eigenvalue weighted by atomic mass is 32.2. The molecule has 3 rings (SSSR count). The van der Waals surface area contributed by atoms with Crippen molar-refractivity contribution in [1.29, 1.82) is 0 Å². The molecule has 0 N–H and O–H groups in total. The van der Waals surface area contributed by atoms with E-state index in [0.717, 1.165) is 55.8 Å². The Morgan fingerprint density at radius 3 is 2.50 bits per heavy atom. The molecule has 2 aromatic heterocycles. The maximum atomic E-state index is 4.66. The largest absolute Gasteiger partial charge is 0.354 e. The van der Waals surface area contributed by atoms with Gasteiger partial charge in [0.05, 0.1) is 18.9 Å². The fourth-order valence-electron chi connectivity index (χ4n) is 2.61. The van der Waals surface area contributed by atoms with Crippen LogP contribution in [0.25, 0.3) is 0 Å². The molecule has 0 saturated carbocycles. The minimum atomic E-state index is 0.841. The third-order valence-electron chi connectivity index (χ3n) is 3.86. The van der Waals surface area contributed by atoms with Gasteiger partial charge in [0.1, 0.15) is 5.82 Å². The van der Waals surface area contributed by atoms with Crippen molar-refractivity contribution in [3.63, 3.8) is 0 Å². The van der Waals surface area contributed by atoms with E-state index in [0.29, 0.717) is 0 Å². The lowest BCUT2D eigenvalue weighted by molar-refractivity contribution is 0.239. The molecule has 1 saturated heterocycles. The molecule has 0 aromatic carbocycles. The smallest absolute Gasteiger partial charge is 0.189 e. The first-order valence-electron chi connectivity index (χ1n) is 7.45. The molecule has 8 heteroatoms. The highest BCUT2D eigenvalue weighted by Crippen LogP contribution is 2.21. The first-order chi connectivity index (χ1) is 10.8. The van der Waals surface area contributed by atoms with Crippen molar-refractivity contribution in [2.75, 3.05) is 43.9 Å². The Morgan fingerprint density at radius 1 is 1.09 bits per heavy atom. The molecule has 0 unspecified atom stereocenters. The van der Waals surface area contributed by atoms with Crippen LogP contribution >= 0.6 is 11.8 Å².